The second-order valence-electron chi connectivity index (χ2n) is 7.39. The van der Waals surface area contributed by atoms with E-state index < -0.39 is 0 Å². The highest BCUT2D eigenvalue weighted by Crippen LogP contribution is 2.26. The highest BCUT2D eigenvalue weighted by Gasteiger charge is 2.34. The highest BCUT2D eigenvalue weighted by molar-refractivity contribution is 14.0. The number of nitrogens with two attached hydrogens (primary N) is 1. The number of ether oxygens (including phenoxy) is 1. The predicted octanol–water partition coefficient (Wildman–Crippen LogP) is 3.31. The summed E-state index contributed by atoms with van der Waals surface area (Å²) in [5.74, 6) is 0.708. The molecule has 1 atom stereocenters. The van der Waals surface area contributed by atoms with Crippen LogP contribution in [0.2, 0.25) is 0 Å². The van der Waals surface area contributed by atoms with Crippen LogP contribution in [0, 0.1) is 0 Å². The number of guanidine groups is 1. The number of hydrogen-bond donors (Lipinski definition) is 2. The molecule has 26 heavy (non-hydrogen) atoms. The lowest BCUT2D eigenvalue weighted by atomic mass is 9.88. The smallest absolute Gasteiger partial charge is 0.191 e. The Kier molecular flexibility index (Phi) is 8.63. The molecule has 0 aromatic heterocycles. The number of benzene rings is 1. The maximum atomic E-state index is 6.28. The minimum Gasteiger partial charge on any atom is -0.381 e. The summed E-state index contributed by atoms with van der Waals surface area (Å²) in [4.78, 5) is 7.03. The zero-order chi connectivity index (χ0) is 17.5. The van der Waals surface area contributed by atoms with Gasteiger partial charge in [0.05, 0.1) is 6.54 Å². The lowest BCUT2D eigenvalue weighted by molar-refractivity contribution is 0.0373. The van der Waals surface area contributed by atoms with Gasteiger partial charge < -0.3 is 20.7 Å². The van der Waals surface area contributed by atoms with Crippen LogP contribution in [-0.4, -0.2) is 49.2 Å². The van der Waals surface area contributed by atoms with E-state index in [1.165, 1.54) is 24.8 Å². The Hall–Kier alpha value is -0.860. The molecule has 2 aliphatic rings. The third-order valence-electron chi connectivity index (χ3n) is 5.50. The molecule has 3 N–H and O–H groups in total. The summed E-state index contributed by atoms with van der Waals surface area (Å²) >= 11 is 0. The molecule has 0 amide bonds. The van der Waals surface area contributed by atoms with Gasteiger partial charge in [-0.05, 0) is 44.6 Å². The van der Waals surface area contributed by atoms with E-state index >= 15 is 0 Å². The summed E-state index contributed by atoms with van der Waals surface area (Å²) in [5, 5.41) is 3.85. The van der Waals surface area contributed by atoms with Crippen molar-refractivity contribution >= 4 is 29.9 Å². The Balaban J connectivity index is 0.00000243. The normalized spacial score (nSPS) is 21.7. The zero-order valence-electron chi connectivity index (χ0n) is 15.8. The first kappa shape index (κ1) is 21.4. The van der Waals surface area contributed by atoms with Crippen molar-refractivity contribution in [2.75, 3.05) is 32.8 Å². The average Bonchev–Trinajstić information content (AvgIpc) is 2.68. The van der Waals surface area contributed by atoms with E-state index in [4.69, 9.17) is 15.5 Å². The number of hydrogen-bond acceptors (Lipinski definition) is 3. The average molecular weight is 472 g/mol. The maximum Gasteiger partial charge on any atom is 0.191 e. The number of likely N-dealkylation sites (tertiary alicyclic amines) is 1. The molecule has 2 heterocycles. The van der Waals surface area contributed by atoms with Gasteiger partial charge in [0, 0.05) is 37.9 Å². The van der Waals surface area contributed by atoms with Crippen LogP contribution < -0.4 is 11.1 Å². The molecule has 0 aliphatic carbocycles. The van der Waals surface area contributed by atoms with E-state index in [2.05, 4.69) is 47.5 Å². The molecule has 3 rings (SSSR count). The number of aliphatic imine (C=N–C) groups is 1. The monoisotopic (exact) mass is 472 g/mol. The summed E-state index contributed by atoms with van der Waals surface area (Å²) in [7, 11) is 0. The Labute approximate surface area is 174 Å². The fourth-order valence-corrected chi connectivity index (χ4v) is 3.85. The highest BCUT2D eigenvalue weighted by atomic mass is 127. The molecule has 0 bridgehead atoms. The summed E-state index contributed by atoms with van der Waals surface area (Å²) < 4.78 is 5.61. The molecule has 0 radical (unpaired) electrons. The minimum atomic E-state index is -0.0338. The SMILES string of the molecule is CC(NC1(CN=C(N)N2CCCCC2)CCOCC1)c1ccccc1.I. The Bertz CT molecular complexity index is 554. The summed E-state index contributed by atoms with van der Waals surface area (Å²) in [6, 6.07) is 10.9. The van der Waals surface area contributed by atoms with E-state index in [1.54, 1.807) is 0 Å². The van der Waals surface area contributed by atoms with Crippen molar-refractivity contribution < 1.29 is 4.74 Å². The zero-order valence-corrected chi connectivity index (χ0v) is 18.2. The second-order valence-corrected chi connectivity index (χ2v) is 7.39. The molecule has 1 aromatic rings. The Morgan fingerprint density at radius 2 is 1.85 bits per heavy atom. The first-order valence-electron chi connectivity index (χ1n) is 9.64. The number of rotatable bonds is 5. The summed E-state index contributed by atoms with van der Waals surface area (Å²) in [6.45, 7) is 6.60. The first-order chi connectivity index (χ1) is 12.2. The fourth-order valence-electron chi connectivity index (χ4n) is 3.85. The predicted molar refractivity (Wildman–Crippen MR) is 118 cm³/mol. The molecular weight excluding hydrogens is 439 g/mol. The molecule has 0 spiro atoms. The van der Waals surface area contributed by atoms with Crippen LogP contribution in [-0.2, 0) is 4.74 Å². The van der Waals surface area contributed by atoms with Crippen molar-refractivity contribution in [2.45, 2.75) is 50.6 Å². The van der Waals surface area contributed by atoms with Crippen molar-refractivity contribution in [3.8, 4) is 0 Å². The van der Waals surface area contributed by atoms with E-state index in [9.17, 15) is 0 Å². The second kappa shape index (κ2) is 10.5. The number of nitrogens with one attached hydrogen (secondary N) is 1. The quantitative estimate of drug-likeness (QED) is 0.392. The lowest BCUT2D eigenvalue weighted by Gasteiger charge is -2.40. The van der Waals surface area contributed by atoms with Crippen LogP contribution in [0.1, 0.15) is 50.6 Å². The van der Waals surface area contributed by atoms with Gasteiger partial charge in [-0.1, -0.05) is 30.3 Å². The van der Waals surface area contributed by atoms with Gasteiger partial charge in [-0.2, -0.15) is 0 Å². The molecule has 1 aromatic carbocycles. The molecular formula is C20H33IN4O. The topological polar surface area (TPSA) is 62.9 Å². The number of piperidine rings is 1. The fraction of sp³-hybridized carbons (Fsp3) is 0.650. The van der Waals surface area contributed by atoms with E-state index in [0.717, 1.165) is 45.7 Å². The van der Waals surface area contributed by atoms with Crippen molar-refractivity contribution in [3.05, 3.63) is 35.9 Å². The van der Waals surface area contributed by atoms with Crippen LogP contribution >= 0.6 is 24.0 Å². The van der Waals surface area contributed by atoms with Crippen LogP contribution in [0.15, 0.2) is 35.3 Å². The van der Waals surface area contributed by atoms with Gasteiger partial charge in [-0.25, -0.2) is 0 Å². The molecule has 2 saturated heterocycles. The van der Waals surface area contributed by atoms with E-state index in [-0.39, 0.29) is 35.6 Å². The van der Waals surface area contributed by atoms with Crippen LogP contribution in [0.25, 0.3) is 0 Å². The summed E-state index contributed by atoms with van der Waals surface area (Å²) in [5.41, 5.74) is 7.56. The largest absolute Gasteiger partial charge is 0.381 e. The van der Waals surface area contributed by atoms with E-state index in [0.29, 0.717) is 5.96 Å². The minimum absolute atomic E-state index is 0. The van der Waals surface area contributed by atoms with Gasteiger partial charge in [-0.15, -0.1) is 24.0 Å². The summed E-state index contributed by atoms with van der Waals surface area (Å²) in [6.07, 6.45) is 5.69. The number of nitrogens with zero attached hydrogens (tertiary/aromatic N) is 2. The standard InChI is InChI=1S/C20H32N4O.HI/c1-17(18-8-4-2-5-9-18)23-20(10-14-25-15-11-20)16-22-19(21)24-12-6-3-7-13-24;/h2,4-5,8-9,17,23H,3,6-7,10-16H2,1H3,(H2,21,22);1H. The Morgan fingerprint density at radius 3 is 2.50 bits per heavy atom. The van der Waals surface area contributed by atoms with Crippen molar-refractivity contribution in [1.82, 2.24) is 10.2 Å². The molecule has 2 fully saturated rings. The van der Waals surface area contributed by atoms with Crippen LogP contribution in [0.3, 0.4) is 0 Å². The van der Waals surface area contributed by atoms with Gasteiger partial charge in [0.25, 0.3) is 0 Å². The molecule has 146 valence electrons. The van der Waals surface area contributed by atoms with Gasteiger partial charge >= 0.3 is 0 Å². The van der Waals surface area contributed by atoms with E-state index in [1.807, 2.05) is 0 Å². The third-order valence-corrected chi connectivity index (χ3v) is 5.50. The maximum absolute atomic E-state index is 6.28. The van der Waals surface area contributed by atoms with Gasteiger partial charge in [0.1, 0.15) is 0 Å². The van der Waals surface area contributed by atoms with Crippen LogP contribution in [0.5, 0.6) is 0 Å². The molecule has 0 saturated carbocycles. The first-order valence-corrected chi connectivity index (χ1v) is 9.64. The van der Waals surface area contributed by atoms with Gasteiger partial charge in [0.15, 0.2) is 5.96 Å². The molecule has 2 aliphatic heterocycles. The molecule has 1 unspecified atom stereocenters. The van der Waals surface area contributed by atoms with Crippen molar-refractivity contribution in [2.24, 2.45) is 10.7 Å². The van der Waals surface area contributed by atoms with Gasteiger partial charge in [0.2, 0.25) is 0 Å². The molecule has 6 heteroatoms. The lowest BCUT2D eigenvalue weighted by Crippen LogP contribution is -2.53. The van der Waals surface area contributed by atoms with Crippen molar-refractivity contribution in [1.29, 1.82) is 0 Å². The number of halogens is 1. The third kappa shape index (κ3) is 5.82. The molecule has 5 nitrogen and oxygen atoms in total. The Morgan fingerprint density at radius 1 is 1.19 bits per heavy atom. The van der Waals surface area contributed by atoms with Crippen LogP contribution in [0.4, 0.5) is 0 Å². The van der Waals surface area contributed by atoms with Crippen molar-refractivity contribution in [3.63, 3.8) is 0 Å². The van der Waals surface area contributed by atoms with Gasteiger partial charge in [-0.3, -0.25) is 4.99 Å².